The molecule has 23 heavy (non-hydrogen) atoms. The molecule has 0 bridgehead atoms. The molecule has 0 radical (unpaired) electrons. The van der Waals surface area contributed by atoms with E-state index in [0.29, 0.717) is 15.9 Å². The van der Waals surface area contributed by atoms with E-state index in [4.69, 9.17) is 0 Å². The van der Waals surface area contributed by atoms with Crippen LogP contribution in [0.3, 0.4) is 0 Å². The summed E-state index contributed by atoms with van der Waals surface area (Å²) in [6.07, 6.45) is -2.76. The Morgan fingerprint density at radius 2 is 1.91 bits per heavy atom. The number of aryl methyl sites for hydroxylation is 2. The Bertz CT molecular complexity index is 730. The summed E-state index contributed by atoms with van der Waals surface area (Å²) >= 11 is 0. The van der Waals surface area contributed by atoms with Crippen LogP contribution in [0.5, 0.6) is 0 Å². The van der Waals surface area contributed by atoms with E-state index in [-0.39, 0.29) is 35.9 Å². The zero-order valence-corrected chi connectivity index (χ0v) is 12.5. The Kier molecular flexibility index (Phi) is 5.41. The Hall–Kier alpha value is -2.10. The molecule has 0 saturated heterocycles. The first kappa shape index (κ1) is 18.9. The zero-order valence-electron chi connectivity index (χ0n) is 12.5. The highest BCUT2D eigenvalue weighted by Gasteiger charge is 2.29. The van der Waals surface area contributed by atoms with Crippen molar-refractivity contribution in [1.29, 1.82) is 0 Å². The second-order valence-electron chi connectivity index (χ2n) is 5.06. The topological polar surface area (TPSA) is 92.5 Å². The lowest BCUT2D eigenvalue weighted by atomic mass is 10.0. The lowest BCUT2D eigenvalue weighted by Crippen LogP contribution is -3.00. The van der Waals surface area contributed by atoms with E-state index in [1.54, 1.807) is 0 Å². The van der Waals surface area contributed by atoms with Crippen molar-refractivity contribution < 1.29 is 23.9 Å². The molecule has 2 aromatic heterocycles. The smallest absolute Gasteiger partial charge is 0.269 e. The summed E-state index contributed by atoms with van der Waals surface area (Å²) in [5, 5.41) is 35.6. The van der Waals surface area contributed by atoms with Crippen molar-refractivity contribution in [1.82, 2.24) is 9.78 Å². The molecule has 0 aliphatic heterocycles. The van der Waals surface area contributed by atoms with Crippen LogP contribution in [-0.2, 0) is 7.05 Å². The van der Waals surface area contributed by atoms with Gasteiger partial charge in [0.2, 0.25) is 5.69 Å². The van der Waals surface area contributed by atoms with Crippen molar-refractivity contribution in [2.75, 3.05) is 0 Å². The van der Waals surface area contributed by atoms with Crippen LogP contribution in [0.2, 0.25) is 0 Å². The minimum Gasteiger partial charge on any atom is -0.618 e. The van der Waals surface area contributed by atoms with Gasteiger partial charge < -0.3 is 10.4 Å². The van der Waals surface area contributed by atoms with Gasteiger partial charge in [-0.25, -0.2) is 18.7 Å². The molecule has 0 amide bonds. The number of hydrogen-bond donors (Lipinski definition) is 2. The maximum absolute atomic E-state index is 12.9. The van der Waals surface area contributed by atoms with E-state index in [9.17, 15) is 24.4 Å². The van der Waals surface area contributed by atoms with Gasteiger partial charge in [-0.05, 0) is 19.9 Å². The number of halogens is 2. The van der Waals surface area contributed by atoms with Crippen LogP contribution in [-0.4, -0.2) is 15.0 Å². The Balaban J connectivity index is 0.00000264. The van der Waals surface area contributed by atoms with Gasteiger partial charge in [0, 0.05) is 19.5 Å². The summed E-state index contributed by atoms with van der Waals surface area (Å²) in [4.78, 5) is 0. The van der Waals surface area contributed by atoms with Crippen molar-refractivity contribution in [3.63, 3.8) is 0 Å². The standard InChI is InChI=1S/C13H16F2N4O3.CH4/c1-6-5-9(12(14)15)8(3)18(20)11(6)10-7(2)13(19(21)22)17(4)16-10;/h5,12,19,21H,1-4H3;1H4. The monoisotopic (exact) mass is 330 g/mol. The van der Waals surface area contributed by atoms with Gasteiger partial charge in [-0.15, -0.1) is 0 Å². The number of aromatic nitrogens is 3. The molecule has 9 heteroatoms. The van der Waals surface area contributed by atoms with Gasteiger partial charge >= 0.3 is 0 Å². The normalized spacial score (nSPS) is 12.4. The van der Waals surface area contributed by atoms with Gasteiger partial charge in [0.25, 0.3) is 12.2 Å². The first-order valence-corrected chi connectivity index (χ1v) is 6.45. The van der Waals surface area contributed by atoms with Crippen molar-refractivity contribution >= 4 is 5.82 Å². The number of quaternary nitrogens is 1. The van der Waals surface area contributed by atoms with Gasteiger partial charge in [-0.2, -0.15) is 15.1 Å². The minimum atomic E-state index is -2.76. The Morgan fingerprint density at radius 3 is 2.35 bits per heavy atom. The predicted molar refractivity (Wildman–Crippen MR) is 79.3 cm³/mol. The molecule has 0 spiro atoms. The van der Waals surface area contributed by atoms with Crippen LogP contribution in [0, 0.1) is 31.2 Å². The third-order valence-corrected chi connectivity index (χ3v) is 3.62. The fourth-order valence-electron chi connectivity index (χ4n) is 2.51. The molecule has 128 valence electrons. The van der Waals surface area contributed by atoms with Crippen LogP contribution in [0.25, 0.3) is 11.4 Å². The summed E-state index contributed by atoms with van der Waals surface area (Å²) in [6, 6.07) is 1.23. The molecule has 2 rings (SSSR count). The van der Waals surface area contributed by atoms with E-state index < -0.39 is 11.7 Å². The molecule has 0 aliphatic rings. The number of pyridine rings is 1. The lowest BCUT2D eigenvalue weighted by molar-refractivity contribution is -0.994. The fourth-order valence-corrected chi connectivity index (χ4v) is 2.51. The number of nitrogens with one attached hydrogen (secondary N) is 1. The highest BCUT2D eigenvalue weighted by atomic mass is 19.3. The molecular weight excluding hydrogens is 310 g/mol. The fraction of sp³-hybridized carbons (Fsp3) is 0.429. The second-order valence-corrected chi connectivity index (χ2v) is 5.06. The van der Waals surface area contributed by atoms with Crippen molar-refractivity contribution in [3.05, 3.63) is 38.9 Å². The first-order valence-electron chi connectivity index (χ1n) is 6.45. The van der Waals surface area contributed by atoms with Crippen molar-refractivity contribution in [2.24, 2.45) is 7.05 Å². The Labute approximate surface area is 132 Å². The average Bonchev–Trinajstić information content (AvgIpc) is 2.69. The molecule has 0 aliphatic carbocycles. The summed E-state index contributed by atoms with van der Waals surface area (Å²) in [5.41, 5.74) is 0.417. The minimum absolute atomic E-state index is 0. The van der Waals surface area contributed by atoms with E-state index in [0.717, 1.165) is 4.68 Å². The van der Waals surface area contributed by atoms with Crippen LogP contribution in [0.1, 0.15) is 36.2 Å². The summed E-state index contributed by atoms with van der Waals surface area (Å²) < 4.78 is 27.4. The van der Waals surface area contributed by atoms with Crippen LogP contribution in [0.4, 0.5) is 14.6 Å². The third kappa shape index (κ3) is 3.03. The molecular formula is C14H20F2N4O3. The van der Waals surface area contributed by atoms with Gasteiger partial charge in [0.15, 0.2) is 11.4 Å². The number of nitrogens with zero attached hydrogens (tertiary/aromatic N) is 3. The maximum Gasteiger partial charge on any atom is 0.269 e. The molecule has 0 fully saturated rings. The highest BCUT2D eigenvalue weighted by molar-refractivity contribution is 5.64. The summed E-state index contributed by atoms with van der Waals surface area (Å²) in [6.45, 7) is 4.35. The molecule has 2 N–H and O–H groups in total. The van der Waals surface area contributed by atoms with Gasteiger partial charge in [-0.1, -0.05) is 7.43 Å². The second kappa shape index (κ2) is 6.57. The quantitative estimate of drug-likeness (QED) is 0.508. The zero-order chi connectivity index (χ0) is 16.8. The number of rotatable bonds is 3. The van der Waals surface area contributed by atoms with E-state index in [1.165, 1.54) is 33.9 Å². The third-order valence-electron chi connectivity index (χ3n) is 3.62. The van der Waals surface area contributed by atoms with Crippen molar-refractivity contribution in [2.45, 2.75) is 34.6 Å². The highest BCUT2D eigenvalue weighted by Crippen LogP contribution is 2.29. The van der Waals surface area contributed by atoms with Gasteiger partial charge in [-0.3, -0.25) is 0 Å². The molecule has 2 aromatic rings. The van der Waals surface area contributed by atoms with E-state index in [2.05, 4.69) is 5.10 Å². The van der Waals surface area contributed by atoms with Crippen LogP contribution >= 0.6 is 0 Å². The molecule has 2 heterocycles. The first-order chi connectivity index (χ1) is 10.2. The molecule has 7 nitrogen and oxygen atoms in total. The van der Waals surface area contributed by atoms with E-state index >= 15 is 0 Å². The van der Waals surface area contributed by atoms with Gasteiger partial charge in [0.1, 0.15) is 0 Å². The predicted octanol–water partition coefficient (Wildman–Crippen LogP) is 1.62. The van der Waals surface area contributed by atoms with Crippen LogP contribution < -0.4 is 9.96 Å². The van der Waals surface area contributed by atoms with Crippen molar-refractivity contribution in [3.8, 4) is 11.4 Å². The Morgan fingerprint density at radius 1 is 1.35 bits per heavy atom. The summed E-state index contributed by atoms with van der Waals surface area (Å²) in [7, 11) is 1.45. The average molecular weight is 330 g/mol. The lowest BCUT2D eigenvalue weighted by Gasteiger charge is -2.13. The van der Waals surface area contributed by atoms with E-state index in [1.807, 2.05) is 0 Å². The molecule has 0 saturated carbocycles. The molecule has 0 aromatic carbocycles. The molecule has 1 atom stereocenters. The number of alkyl halides is 2. The van der Waals surface area contributed by atoms with Crippen LogP contribution in [0.15, 0.2) is 6.07 Å². The maximum atomic E-state index is 12.9. The van der Waals surface area contributed by atoms with Gasteiger partial charge in [0.05, 0.1) is 11.1 Å². The number of hydrogen-bond acceptors (Lipinski definition) is 4. The SMILES string of the molecule is C.Cc1cc(C(F)F)c(C)[n+]([O-])c1-c1nn(C)c([NH+]([O-])O)c1C. The largest absolute Gasteiger partial charge is 0.618 e. The summed E-state index contributed by atoms with van der Waals surface area (Å²) in [5.74, 6) is -0.0509. The molecule has 1 unspecified atom stereocenters.